The Labute approximate surface area is 300 Å². The summed E-state index contributed by atoms with van der Waals surface area (Å²) in [6.45, 7) is 17.9. The normalized spacial score (nSPS) is 22.2. The second-order valence-corrected chi connectivity index (χ2v) is 15.4. The highest BCUT2D eigenvalue weighted by Crippen LogP contribution is 2.42. The number of hydrogen-bond donors (Lipinski definition) is 4. The van der Waals surface area contributed by atoms with Gasteiger partial charge in [0.2, 0.25) is 0 Å². The van der Waals surface area contributed by atoms with Gasteiger partial charge in [-0.25, -0.2) is 4.98 Å². The van der Waals surface area contributed by atoms with Crippen LogP contribution >= 0.6 is 11.8 Å². The average molecular weight is 699 g/mol. The van der Waals surface area contributed by atoms with Gasteiger partial charge in [0.25, 0.3) is 0 Å². The Hall–Kier alpha value is -3.21. The summed E-state index contributed by atoms with van der Waals surface area (Å²) in [4.78, 5) is 18.0. The van der Waals surface area contributed by atoms with Crippen molar-refractivity contribution in [3.8, 4) is 0 Å². The Morgan fingerprint density at radius 1 is 0.980 bits per heavy atom. The fourth-order valence-electron chi connectivity index (χ4n) is 7.74. The Bertz CT molecular complexity index is 1910. The van der Waals surface area contributed by atoms with E-state index in [0.717, 1.165) is 93.2 Å². The zero-order chi connectivity index (χ0) is 35.5. The van der Waals surface area contributed by atoms with Gasteiger partial charge >= 0.3 is 0 Å². The lowest BCUT2D eigenvalue weighted by atomic mass is 9.86. The molecule has 3 aromatic heterocycles. The van der Waals surface area contributed by atoms with Gasteiger partial charge in [0.05, 0.1) is 36.8 Å². The topological polar surface area (TPSA) is 116 Å². The second-order valence-electron chi connectivity index (χ2n) is 14.2. The van der Waals surface area contributed by atoms with Crippen LogP contribution in [0, 0.1) is 20.8 Å². The van der Waals surface area contributed by atoms with Crippen LogP contribution in [0.3, 0.4) is 0 Å². The van der Waals surface area contributed by atoms with Gasteiger partial charge in [0.15, 0.2) is 6.29 Å². The Kier molecular flexibility index (Phi) is 11.7. The summed E-state index contributed by atoms with van der Waals surface area (Å²) >= 11 is 1.96. The molecule has 3 aliphatic heterocycles. The number of thioether (sulfide) groups is 1. The van der Waals surface area contributed by atoms with E-state index < -0.39 is 12.4 Å². The van der Waals surface area contributed by atoms with E-state index in [9.17, 15) is 10.2 Å². The number of aromatic amines is 2. The Morgan fingerprint density at radius 2 is 1.74 bits per heavy atom. The van der Waals surface area contributed by atoms with E-state index in [2.05, 4.69) is 82.4 Å². The fraction of sp³-hybridized carbons (Fsp3) is 0.512. The number of hydrogen-bond acceptors (Lipinski definition) is 7. The first-order valence-corrected chi connectivity index (χ1v) is 19.5. The number of fused-ring (bicyclic) bond motifs is 8. The number of aromatic nitrogens is 4. The minimum atomic E-state index is -0.480. The SMILES string of the molecule is C=Cc1c(C)c2cc3nc(c(C)c4nc(cc5[nH]c(cc1[nH]2)c(C)c5CC)C(C)=C4)[C@@H](CCCSCCCO[C@H]1C[C@@H](O)C[C@@H](CO)O1)[C@@H]3C. The van der Waals surface area contributed by atoms with E-state index in [1.165, 1.54) is 22.3 Å². The highest BCUT2D eigenvalue weighted by molar-refractivity contribution is 7.99. The summed E-state index contributed by atoms with van der Waals surface area (Å²) < 4.78 is 11.6. The number of nitrogens with one attached hydrogen (secondary N) is 2. The van der Waals surface area contributed by atoms with Crippen molar-refractivity contribution in [2.75, 3.05) is 24.7 Å². The van der Waals surface area contributed by atoms with Crippen LogP contribution in [0.5, 0.6) is 0 Å². The molecule has 0 amide bonds. The van der Waals surface area contributed by atoms with Gasteiger partial charge in [-0.3, -0.25) is 4.98 Å². The molecule has 3 aromatic rings. The molecule has 0 radical (unpaired) electrons. The molecule has 50 heavy (non-hydrogen) atoms. The summed E-state index contributed by atoms with van der Waals surface area (Å²) in [5.41, 5.74) is 15.8. The lowest BCUT2D eigenvalue weighted by Crippen LogP contribution is -2.39. The molecule has 268 valence electrons. The number of H-pyrrole nitrogens is 2. The maximum atomic E-state index is 10.0. The van der Waals surface area contributed by atoms with Crippen LogP contribution in [0.25, 0.3) is 39.8 Å². The zero-order valence-corrected chi connectivity index (χ0v) is 31.4. The number of aliphatic hydroxyl groups excluding tert-OH is 2. The number of nitrogens with zero attached hydrogens (tertiary/aromatic N) is 2. The fourth-order valence-corrected chi connectivity index (χ4v) is 8.64. The third-order valence-electron chi connectivity index (χ3n) is 10.8. The molecule has 8 bridgehead atoms. The summed E-state index contributed by atoms with van der Waals surface area (Å²) in [6.07, 6.45) is 7.84. The van der Waals surface area contributed by atoms with Gasteiger partial charge in [-0.1, -0.05) is 26.5 Å². The summed E-state index contributed by atoms with van der Waals surface area (Å²) in [5.74, 6) is 2.65. The molecule has 6 heterocycles. The molecular formula is C41H54N4O4S. The lowest BCUT2D eigenvalue weighted by molar-refractivity contribution is -0.221. The highest BCUT2D eigenvalue weighted by Gasteiger charge is 2.31. The Balaban J connectivity index is 1.25. The molecule has 1 fully saturated rings. The second kappa shape index (κ2) is 16.0. The maximum Gasteiger partial charge on any atom is 0.160 e. The third-order valence-corrected chi connectivity index (χ3v) is 11.9. The van der Waals surface area contributed by atoms with Gasteiger partial charge in [-0.2, -0.15) is 11.8 Å². The van der Waals surface area contributed by atoms with E-state index >= 15 is 0 Å². The van der Waals surface area contributed by atoms with Gasteiger partial charge in [0.1, 0.15) is 0 Å². The number of allylic oxidation sites excluding steroid dienone is 1. The molecule has 5 atom stereocenters. The highest BCUT2D eigenvalue weighted by atomic mass is 32.2. The van der Waals surface area contributed by atoms with Gasteiger partial charge in [-0.15, -0.1) is 0 Å². The van der Waals surface area contributed by atoms with Crippen LogP contribution in [0.2, 0.25) is 0 Å². The van der Waals surface area contributed by atoms with E-state index in [1.807, 2.05) is 17.8 Å². The molecule has 0 aliphatic carbocycles. The quantitative estimate of drug-likeness (QED) is 0.140. The van der Waals surface area contributed by atoms with Crippen molar-refractivity contribution in [1.29, 1.82) is 0 Å². The molecule has 4 N–H and O–H groups in total. The van der Waals surface area contributed by atoms with Crippen LogP contribution < -0.4 is 0 Å². The van der Waals surface area contributed by atoms with Crippen LogP contribution in [-0.4, -0.2) is 73.4 Å². The van der Waals surface area contributed by atoms with Crippen molar-refractivity contribution in [1.82, 2.24) is 19.9 Å². The zero-order valence-electron chi connectivity index (χ0n) is 30.6. The monoisotopic (exact) mass is 698 g/mol. The first-order valence-electron chi connectivity index (χ1n) is 18.3. The van der Waals surface area contributed by atoms with Crippen LogP contribution in [-0.2, 0) is 15.9 Å². The average Bonchev–Trinajstić information content (AvgIpc) is 3.80. The number of aryl methyl sites for hydroxylation is 3. The lowest BCUT2D eigenvalue weighted by Gasteiger charge is -2.32. The van der Waals surface area contributed by atoms with Gasteiger partial charge in [-0.05, 0) is 117 Å². The molecule has 9 heteroatoms. The van der Waals surface area contributed by atoms with Crippen molar-refractivity contribution in [3.05, 3.63) is 75.4 Å². The van der Waals surface area contributed by atoms with Crippen molar-refractivity contribution in [2.45, 2.75) is 110 Å². The van der Waals surface area contributed by atoms with Crippen molar-refractivity contribution < 1.29 is 19.7 Å². The Morgan fingerprint density at radius 3 is 2.50 bits per heavy atom. The molecule has 0 unspecified atom stereocenters. The van der Waals surface area contributed by atoms with Crippen LogP contribution in [0.4, 0.5) is 0 Å². The van der Waals surface area contributed by atoms with Crippen molar-refractivity contribution in [2.24, 2.45) is 0 Å². The standard InChI is InChI=1S/C41H54N4O4S/c1-8-30-25(5)36-21-39-31(9-2)24(4)35(43-39)20-37-26(6)32(41(45-37)27(7)34-16-23(3)33(42-34)19-38(30)44-36)12-10-14-50-15-11-13-48-40-18-28(47)17-29(22-46)49-40/h9,16,19-21,26,28-29,32,40,43-44,46-47H,2,8,10-15,17-18,22H2,1,3-7H3/t26-,28-,29-,32-,40+/m0/s1. The van der Waals surface area contributed by atoms with E-state index in [-0.39, 0.29) is 18.6 Å². The third kappa shape index (κ3) is 7.67. The van der Waals surface area contributed by atoms with Crippen LogP contribution in [0.1, 0.15) is 115 Å². The molecule has 8 nitrogen and oxygen atoms in total. The van der Waals surface area contributed by atoms with Crippen molar-refractivity contribution in [3.63, 3.8) is 0 Å². The largest absolute Gasteiger partial charge is 0.394 e. The molecule has 0 aromatic carbocycles. The molecule has 0 saturated carbocycles. The van der Waals surface area contributed by atoms with Gasteiger partial charge < -0.3 is 29.7 Å². The predicted octanol–water partition coefficient (Wildman–Crippen LogP) is 8.67. The number of aliphatic hydroxyl groups is 2. The number of ether oxygens (including phenoxy) is 2. The number of rotatable bonds is 12. The van der Waals surface area contributed by atoms with E-state index in [4.69, 9.17) is 19.4 Å². The minimum Gasteiger partial charge on any atom is -0.394 e. The first kappa shape index (κ1) is 36.6. The molecule has 1 saturated heterocycles. The van der Waals surface area contributed by atoms with Gasteiger partial charge in [0, 0.05) is 63.7 Å². The summed E-state index contributed by atoms with van der Waals surface area (Å²) in [7, 11) is 0. The summed E-state index contributed by atoms with van der Waals surface area (Å²) in [5, 5.41) is 19.4. The molecule has 3 aliphatic rings. The first-order chi connectivity index (χ1) is 24.1. The molecule has 6 rings (SSSR count). The van der Waals surface area contributed by atoms with Crippen LogP contribution in [0.15, 0.2) is 24.8 Å². The summed E-state index contributed by atoms with van der Waals surface area (Å²) in [6, 6.07) is 6.68. The van der Waals surface area contributed by atoms with E-state index in [0.29, 0.717) is 25.4 Å². The van der Waals surface area contributed by atoms with E-state index in [1.54, 1.807) is 0 Å². The maximum absolute atomic E-state index is 10.0. The minimum absolute atomic E-state index is 0.0916. The molecule has 0 spiro atoms. The van der Waals surface area contributed by atoms with Crippen molar-refractivity contribution >= 4 is 51.6 Å². The molecular weight excluding hydrogens is 645 g/mol. The smallest absolute Gasteiger partial charge is 0.160 e. The predicted molar refractivity (Wildman–Crippen MR) is 207 cm³/mol.